The molecule has 1 atom stereocenters. The number of nitrogens with one attached hydrogen (secondary N) is 2. The monoisotopic (exact) mass is 555 g/mol. The van der Waals surface area contributed by atoms with Crippen molar-refractivity contribution in [1.82, 2.24) is 15.0 Å². The Balaban J connectivity index is 1.66. The highest BCUT2D eigenvalue weighted by atomic mass is 32.1. The first-order chi connectivity index (χ1) is 18.8. The van der Waals surface area contributed by atoms with Gasteiger partial charge in [-0.3, -0.25) is 19.3 Å². The third-order valence-electron chi connectivity index (χ3n) is 7.84. The number of anilines is 2. The highest BCUT2D eigenvalue weighted by Gasteiger charge is 2.36. The summed E-state index contributed by atoms with van der Waals surface area (Å²) in [5.41, 5.74) is 7.89. The maximum atomic E-state index is 14.2. The quantitative estimate of drug-likeness (QED) is 0.401. The zero-order valence-electron chi connectivity index (χ0n) is 23.3. The van der Waals surface area contributed by atoms with E-state index in [0.29, 0.717) is 17.9 Å². The van der Waals surface area contributed by atoms with Crippen LogP contribution in [0, 0.1) is 6.92 Å². The number of rotatable bonds is 9. The number of ether oxygens (including phenoxy) is 1. The highest BCUT2D eigenvalue weighted by molar-refractivity contribution is 7.09. The third-order valence-corrected chi connectivity index (χ3v) is 8.69. The Morgan fingerprint density at radius 2 is 1.67 bits per heavy atom. The summed E-state index contributed by atoms with van der Waals surface area (Å²) in [6.45, 7) is 3.80. The smallest absolute Gasteiger partial charge is 0.273 e. The van der Waals surface area contributed by atoms with Gasteiger partial charge in [0.15, 0.2) is 5.69 Å². The summed E-state index contributed by atoms with van der Waals surface area (Å²) >= 11 is 0.891. The Morgan fingerprint density at radius 3 is 2.26 bits per heavy atom. The van der Waals surface area contributed by atoms with E-state index in [1.165, 1.54) is 24.9 Å². The lowest BCUT2D eigenvalue weighted by molar-refractivity contribution is -0.123. The summed E-state index contributed by atoms with van der Waals surface area (Å²) in [6.07, 6.45) is 10.8. The Morgan fingerprint density at radius 1 is 1.05 bits per heavy atom. The van der Waals surface area contributed by atoms with Crippen LogP contribution in [0.1, 0.15) is 103 Å². The topological polar surface area (TPSA) is 127 Å². The number of amides is 3. The van der Waals surface area contributed by atoms with Crippen molar-refractivity contribution in [3.05, 3.63) is 34.3 Å². The van der Waals surface area contributed by atoms with Crippen LogP contribution < -0.4 is 26.0 Å². The number of methoxy groups -OCH3 is 1. The number of nitrogen functional groups attached to an aromatic ring is 1. The van der Waals surface area contributed by atoms with Crippen LogP contribution in [0.15, 0.2) is 18.2 Å². The first kappa shape index (κ1) is 28.9. The molecule has 4 rings (SSSR count). The van der Waals surface area contributed by atoms with Gasteiger partial charge >= 0.3 is 0 Å². The van der Waals surface area contributed by atoms with Crippen LogP contribution in [0.25, 0.3) is 0 Å². The lowest BCUT2D eigenvalue weighted by atomic mass is 9.95. The second kappa shape index (κ2) is 13.3. The molecule has 9 nitrogen and oxygen atoms in total. The molecule has 0 saturated heterocycles. The van der Waals surface area contributed by atoms with Crippen molar-refractivity contribution in [1.29, 1.82) is 0 Å². The van der Waals surface area contributed by atoms with Gasteiger partial charge in [-0.15, -0.1) is 0 Å². The minimum Gasteiger partial charge on any atom is -0.495 e. The number of nitrogens with two attached hydrogens (primary N) is 1. The molecule has 1 aromatic carbocycles. The molecule has 1 aromatic heterocycles. The number of carbonyl (C=O) groups excluding carboxylic acids is 3. The first-order valence-corrected chi connectivity index (χ1v) is 15.0. The number of aromatic nitrogens is 1. The van der Waals surface area contributed by atoms with Gasteiger partial charge in [0.05, 0.1) is 18.5 Å². The summed E-state index contributed by atoms with van der Waals surface area (Å²) in [5.74, 6) is -0.580. The molecule has 2 aliphatic rings. The first-order valence-electron chi connectivity index (χ1n) is 14.2. The van der Waals surface area contributed by atoms with E-state index < -0.39 is 11.9 Å². The van der Waals surface area contributed by atoms with E-state index in [9.17, 15) is 14.4 Å². The molecule has 212 valence electrons. The molecule has 10 heteroatoms. The molecule has 4 N–H and O–H groups in total. The van der Waals surface area contributed by atoms with E-state index in [2.05, 4.69) is 15.0 Å². The molecule has 1 heterocycles. The average molecular weight is 556 g/mol. The number of carbonyl (C=O) groups is 3. The largest absolute Gasteiger partial charge is 0.495 e. The van der Waals surface area contributed by atoms with Gasteiger partial charge in [0.2, 0.25) is 5.91 Å². The van der Waals surface area contributed by atoms with Crippen LogP contribution in [-0.2, 0) is 4.79 Å². The number of hydrogen-bond donors (Lipinski definition) is 3. The molecule has 39 heavy (non-hydrogen) atoms. The molecule has 2 aromatic rings. The Bertz CT molecular complexity index is 1170. The molecule has 0 aliphatic heterocycles. The van der Waals surface area contributed by atoms with Gasteiger partial charge in [-0.05, 0) is 68.3 Å². The molecule has 3 amide bonds. The molecular formula is C29H41N5O4S. The van der Waals surface area contributed by atoms with Crippen molar-refractivity contribution in [2.24, 2.45) is 0 Å². The van der Waals surface area contributed by atoms with Crippen molar-refractivity contribution >= 4 is 40.6 Å². The van der Waals surface area contributed by atoms with Gasteiger partial charge in [-0.2, -0.15) is 4.37 Å². The number of aryl methyl sites for hydroxylation is 1. The van der Waals surface area contributed by atoms with Crippen LogP contribution in [0.3, 0.4) is 0 Å². The molecule has 0 unspecified atom stereocenters. The van der Waals surface area contributed by atoms with Crippen LogP contribution in [-0.4, -0.2) is 47.3 Å². The van der Waals surface area contributed by atoms with Crippen molar-refractivity contribution in [2.45, 2.75) is 103 Å². The molecular weight excluding hydrogens is 514 g/mol. The second-order valence-corrected chi connectivity index (χ2v) is 11.5. The summed E-state index contributed by atoms with van der Waals surface area (Å²) in [4.78, 5) is 42.5. The lowest BCUT2D eigenvalue weighted by Gasteiger charge is -2.33. The normalized spacial score (nSPS) is 17.3. The fraction of sp³-hybridized carbons (Fsp3) is 0.586. The number of benzene rings is 1. The van der Waals surface area contributed by atoms with E-state index in [-0.39, 0.29) is 40.2 Å². The molecule has 2 fully saturated rings. The lowest BCUT2D eigenvalue weighted by Crippen LogP contribution is -2.52. The standard InChI is InChI=1S/C29H41N5O4S/c1-4-21(27(35)31-19-11-7-5-8-12-19)34(22-17-18(2)15-16-23(22)38-3)29(37)26-24(30)25(33-39-26)28(36)32-20-13-9-6-10-14-20/h15-17,19-21H,4-14,30H2,1-3H3,(H,31,35)(H,32,36)/t21-/m1/s1. The SMILES string of the molecule is CC[C@H](C(=O)NC1CCCCC1)N(C(=O)c1snc(C(=O)NC2CCCCC2)c1N)c1cc(C)ccc1OC. The predicted molar refractivity (Wildman–Crippen MR) is 155 cm³/mol. The van der Waals surface area contributed by atoms with Crippen molar-refractivity contribution in [2.75, 3.05) is 17.7 Å². The summed E-state index contributed by atoms with van der Waals surface area (Å²) in [5, 5.41) is 6.21. The predicted octanol–water partition coefficient (Wildman–Crippen LogP) is 4.98. The van der Waals surface area contributed by atoms with Gasteiger partial charge < -0.3 is 21.1 Å². The third kappa shape index (κ3) is 6.72. The summed E-state index contributed by atoms with van der Waals surface area (Å²) in [6, 6.07) is 4.91. The van der Waals surface area contributed by atoms with Gasteiger partial charge in [0.25, 0.3) is 11.8 Å². The Kier molecular flexibility index (Phi) is 9.83. The molecule has 2 aliphatic carbocycles. The fourth-order valence-electron chi connectivity index (χ4n) is 5.66. The average Bonchev–Trinajstić information content (AvgIpc) is 3.33. The summed E-state index contributed by atoms with van der Waals surface area (Å²) in [7, 11) is 1.54. The van der Waals surface area contributed by atoms with Crippen LogP contribution in [0.4, 0.5) is 11.4 Å². The molecule has 2 saturated carbocycles. The Labute approximate surface area is 235 Å². The minimum absolute atomic E-state index is 0.0393. The van der Waals surface area contributed by atoms with E-state index in [0.717, 1.165) is 68.5 Å². The molecule has 0 spiro atoms. The van der Waals surface area contributed by atoms with Gasteiger partial charge in [0.1, 0.15) is 16.7 Å². The fourth-order valence-corrected chi connectivity index (χ4v) is 6.40. The van der Waals surface area contributed by atoms with Gasteiger partial charge in [0, 0.05) is 12.1 Å². The Hall–Kier alpha value is -3.14. The van der Waals surface area contributed by atoms with Crippen molar-refractivity contribution in [3.63, 3.8) is 0 Å². The maximum Gasteiger partial charge on any atom is 0.273 e. The number of hydrogen-bond acceptors (Lipinski definition) is 7. The molecule has 0 radical (unpaired) electrons. The second-order valence-electron chi connectivity index (χ2n) is 10.7. The van der Waals surface area contributed by atoms with Crippen LogP contribution >= 0.6 is 11.5 Å². The minimum atomic E-state index is -0.795. The molecule has 0 bridgehead atoms. The van der Waals surface area contributed by atoms with E-state index in [4.69, 9.17) is 10.5 Å². The van der Waals surface area contributed by atoms with E-state index in [1.54, 1.807) is 6.07 Å². The highest BCUT2D eigenvalue weighted by Crippen LogP contribution is 2.35. The number of nitrogens with zero attached hydrogens (tertiary/aromatic N) is 2. The zero-order chi connectivity index (χ0) is 27.9. The maximum absolute atomic E-state index is 14.2. The van der Waals surface area contributed by atoms with Crippen molar-refractivity contribution in [3.8, 4) is 5.75 Å². The van der Waals surface area contributed by atoms with E-state index in [1.807, 2.05) is 26.0 Å². The zero-order valence-corrected chi connectivity index (χ0v) is 24.1. The van der Waals surface area contributed by atoms with Crippen LogP contribution in [0.5, 0.6) is 5.75 Å². The van der Waals surface area contributed by atoms with Crippen molar-refractivity contribution < 1.29 is 19.1 Å². The van der Waals surface area contributed by atoms with Gasteiger partial charge in [-0.1, -0.05) is 51.5 Å². The van der Waals surface area contributed by atoms with Crippen LogP contribution in [0.2, 0.25) is 0 Å². The summed E-state index contributed by atoms with van der Waals surface area (Å²) < 4.78 is 9.90. The van der Waals surface area contributed by atoms with Gasteiger partial charge in [-0.25, -0.2) is 0 Å². The van der Waals surface area contributed by atoms with E-state index >= 15 is 0 Å².